The minimum absolute atomic E-state index is 0.139. The number of carbonyl (C=O) groups excluding carboxylic acids is 1. The van der Waals surface area contributed by atoms with Gasteiger partial charge < -0.3 is 5.32 Å². The molecule has 0 bridgehead atoms. The third kappa shape index (κ3) is 4.85. The summed E-state index contributed by atoms with van der Waals surface area (Å²) in [6.45, 7) is 3.55. The summed E-state index contributed by atoms with van der Waals surface area (Å²) in [5, 5.41) is 8.96. The van der Waals surface area contributed by atoms with Gasteiger partial charge in [-0.05, 0) is 42.6 Å². The number of hydrogen-bond donors (Lipinski definition) is 1. The fraction of sp³-hybridized carbons (Fsp3) is 0.300. The van der Waals surface area contributed by atoms with E-state index in [-0.39, 0.29) is 18.3 Å². The highest BCUT2D eigenvalue weighted by atomic mass is 32.2. The molecule has 1 amide bonds. The average molecular weight is 464 g/mol. The Morgan fingerprint density at radius 1 is 1.16 bits per heavy atom. The second-order valence-corrected chi connectivity index (χ2v) is 10.3. The number of thiophene rings is 1. The van der Waals surface area contributed by atoms with Crippen LogP contribution in [0.1, 0.15) is 5.69 Å². The molecule has 3 aromatic rings. The third-order valence-electron chi connectivity index (χ3n) is 4.96. The van der Waals surface area contributed by atoms with Crippen LogP contribution in [-0.2, 0) is 14.8 Å². The highest BCUT2D eigenvalue weighted by Gasteiger charge is 2.29. The number of nitrogens with zero attached hydrogens (tertiary/aromatic N) is 4. The van der Waals surface area contributed by atoms with Gasteiger partial charge in [0.05, 0.1) is 17.9 Å². The first-order valence-corrected chi connectivity index (χ1v) is 12.0. The van der Waals surface area contributed by atoms with Gasteiger partial charge in [-0.3, -0.25) is 9.69 Å². The normalized spacial score (nSPS) is 15.8. The van der Waals surface area contributed by atoms with Crippen LogP contribution in [0.15, 0.2) is 52.1 Å². The molecule has 0 saturated carbocycles. The largest absolute Gasteiger partial charge is 0.309 e. The predicted octanol–water partition coefficient (Wildman–Crippen LogP) is 2.33. The lowest BCUT2D eigenvalue weighted by molar-refractivity contribution is -0.117. The van der Waals surface area contributed by atoms with Gasteiger partial charge in [0, 0.05) is 32.2 Å². The second kappa shape index (κ2) is 8.87. The van der Waals surface area contributed by atoms with Crippen molar-refractivity contribution < 1.29 is 17.6 Å². The Labute approximate surface area is 183 Å². The van der Waals surface area contributed by atoms with Crippen LogP contribution in [0.2, 0.25) is 0 Å². The molecular formula is C20H22FN5O3S2. The molecule has 1 aliphatic heterocycles. The number of piperazine rings is 1. The fourth-order valence-electron chi connectivity index (χ4n) is 3.42. The van der Waals surface area contributed by atoms with E-state index < -0.39 is 10.0 Å². The number of nitrogens with one attached hydrogen (secondary N) is 1. The van der Waals surface area contributed by atoms with E-state index in [0.29, 0.717) is 47.6 Å². The Hall–Kier alpha value is -2.60. The van der Waals surface area contributed by atoms with E-state index >= 15 is 0 Å². The molecule has 1 aliphatic rings. The van der Waals surface area contributed by atoms with Crippen LogP contribution in [0.4, 0.5) is 10.2 Å². The third-order valence-corrected chi connectivity index (χ3v) is 8.23. The van der Waals surface area contributed by atoms with Crippen LogP contribution in [-0.4, -0.2) is 66.0 Å². The molecule has 0 unspecified atom stereocenters. The summed E-state index contributed by atoms with van der Waals surface area (Å²) in [4.78, 5) is 14.5. The van der Waals surface area contributed by atoms with Crippen molar-refractivity contribution in [3.05, 3.63) is 59.4 Å². The van der Waals surface area contributed by atoms with E-state index in [4.69, 9.17) is 0 Å². The SMILES string of the molecule is Cc1cc(NC(=O)CN2CCN(S(=O)(=O)c3cccs3)CC2)n(-c2ccc(F)cc2)n1. The Morgan fingerprint density at radius 2 is 1.87 bits per heavy atom. The summed E-state index contributed by atoms with van der Waals surface area (Å²) in [6.07, 6.45) is 0. The zero-order valence-corrected chi connectivity index (χ0v) is 18.5. The number of benzene rings is 1. The van der Waals surface area contributed by atoms with E-state index in [1.54, 1.807) is 40.4 Å². The average Bonchev–Trinajstić information content (AvgIpc) is 3.39. The molecule has 11 heteroatoms. The van der Waals surface area contributed by atoms with E-state index in [2.05, 4.69) is 10.4 Å². The van der Waals surface area contributed by atoms with Crippen molar-refractivity contribution in [2.45, 2.75) is 11.1 Å². The molecule has 31 heavy (non-hydrogen) atoms. The van der Waals surface area contributed by atoms with Crippen molar-refractivity contribution in [1.29, 1.82) is 0 Å². The molecule has 164 valence electrons. The first-order chi connectivity index (χ1) is 14.8. The Kier molecular flexibility index (Phi) is 6.19. The van der Waals surface area contributed by atoms with Crippen LogP contribution in [0.5, 0.6) is 0 Å². The molecule has 3 heterocycles. The predicted molar refractivity (Wildman–Crippen MR) is 116 cm³/mol. The lowest BCUT2D eigenvalue weighted by atomic mass is 10.3. The van der Waals surface area contributed by atoms with Crippen molar-refractivity contribution in [3.63, 3.8) is 0 Å². The van der Waals surface area contributed by atoms with Crippen molar-refractivity contribution in [1.82, 2.24) is 19.0 Å². The molecule has 4 rings (SSSR count). The van der Waals surface area contributed by atoms with Crippen LogP contribution in [0.3, 0.4) is 0 Å². The maximum atomic E-state index is 13.2. The number of carbonyl (C=O) groups is 1. The summed E-state index contributed by atoms with van der Waals surface area (Å²) in [5.41, 5.74) is 1.35. The Bertz CT molecular complexity index is 1150. The number of sulfonamides is 1. The molecule has 1 aromatic carbocycles. The maximum absolute atomic E-state index is 13.2. The topological polar surface area (TPSA) is 87.5 Å². The van der Waals surface area contributed by atoms with Crippen LogP contribution in [0.25, 0.3) is 5.69 Å². The quantitative estimate of drug-likeness (QED) is 0.606. The van der Waals surface area contributed by atoms with E-state index in [0.717, 1.165) is 0 Å². The zero-order valence-electron chi connectivity index (χ0n) is 16.9. The first kappa shape index (κ1) is 21.6. The number of anilines is 1. The molecule has 0 atom stereocenters. The minimum Gasteiger partial charge on any atom is -0.309 e. The Morgan fingerprint density at radius 3 is 2.52 bits per heavy atom. The smallest absolute Gasteiger partial charge is 0.252 e. The molecular weight excluding hydrogens is 441 g/mol. The number of halogens is 1. The summed E-state index contributed by atoms with van der Waals surface area (Å²) >= 11 is 1.20. The maximum Gasteiger partial charge on any atom is 0.252 e. The summed E-state index contributed by atoms with van der Waals surface area (Å²) in [6, 6.07) is 10.9. The Balaban J connectivity index is 1.36. The first-order valence-electron chi connectivity index (χ1n) is 9.71. The molecule has 1 saturated heterocycles. The lowest BCUT2D eigenvalue weighted by Crippen LogP contribution is -2.50. The molecule has 0 spiro atoms. The molecule has 0 radical (unpaired) electrons. The van der Waals surface area contributed by atoms with E-state index in [1.165, 1.54) is 27.8 Å². The number of amides is 1. The van der Waals surface area contributed by atoms with Crippen LogP contribution in [0, 0.1) is 12.7 Å². The fourth-order valence-corrected chi connectivity index (χ4v) is 5.99. The lowest BCUT2D eigenvalue weighted by Gasteiger charge is -2.33. The van der Waals surface area contributed by atoms with Gasteiger partial charge in [0.2, 0.25) is 5.91 Å². The molecule has 1 N–H and O–H groups in total. The van der Waals surface area contributed by atoms with Crippen molar-refractivity contribution in [2.24, 2.45) is 0 Å². The monoisotopic (exact) mass is 463 g/mol. The van der Waals surface area contributed by atoms with Crippen LogP contribution >= 0.6 is 11.3 Å². The second-order valence-electron chi connectivity index (χ2n) is 7.22. The number of rotatable bonds is 6. The highest BCUT2D eigenvalue weighted by Crippen LogP contribution is 2.22. The van der Waals surface area contributed by atoms with Gasteiger partial charge in [-0.25, -0.2) is 17.5 Å². The summed E-state index contributed by atoms with van der Waals surface area (Å²) < 4.78 is 41.8. The number of aryl methyl sites for hydroxylation is 1. The number of aromatic nitrogens is 2. The molecule has 0 aliphatic carbocycles. The van der Waals surface area contributed by atoms with Gasteiger partial charge in [-0.1, -0.05) is 6.07 Å². The van der Waals surface area contributed by atoms with Crippen molar-refractivity contribution >= 4 is 33.1 Å². The van der Waals surface area contributed by atoms with E-state index in [1.807, 2.05) is 11.8 Å². The van der Waals surface area contributed by atoms with Crippen molar-refractivity contribution in [3.8, 4) is 5.69 Å². The highest BCUT2D eigenvalue weighted by molar-refractivity contribution is 7.91. The van der Waals surface area contributed by atoms with Gasteiger partial charge in [-0.2, -0.15) is 9.40 Å². The van der Waals surface area contributed by atoms with Gasteiger partial charge >= 0.3 is 0 Å². The van der Waals surface area contributed by atoms with Crippen LogP contribution < -0.4 is 5.32 Å². The van der Waals surface area contributed by atoms with Gasteiger partial charge in [0.1, 0.15) is 15.8 Å². The van der Waals surface area contributed by atoms with E-state index in [9.17, 15) is 17.6 Å². The molecule has 1 fully saturated rings. The van der Waals surface area contributed by atoms with Gasteiger partial charge in [0.25, 0.3) is 10.0 Å². The zero-order chi connectivity index (χ0) is 22.0. The molecule has 8 nitrogen and oxygen atoms in total. The summed E-state index contributed by atoms with van der Waals surface area (Å²) in [5.74, 6) is -0.0794. The summed E-state index contributed by atoms with van der Waals surface area (Å²) in [7, 11) is -3.47. The minimum atomic E-state index is -3.47. The number of hydrogen-bond acceptors (Lipinski definition) is 6. The standard InChI is InChI=1S/C20H22FN5O3S2/c1-15-13-18(26(23-15)17-6-4-16(21)5-7-17)22-19(27)14-24-8-10-25(11-9-24)31(28,29)20-3-2-12-30-20/h2-7,12-13H,8-11,14H2,1H3,(H,22,27). The molecule has 2 aromatic heterocycles. The van der Waals surface area contributed by atoms with Gasteiger partial charge in [-0.15, -0.1) is 11.3 Å². The van der Waals surface area contributed by atoms with Gasteiger partial charge in [0.15, 0.2) is 0 Å². The van der Waals surface area contributed by atoms with Crippen molar-refractivity contribution in [2.75, 3.05) is 38.0 Å².